The van der Waals surface area contributed by atoms with Gasteiger partial charge in [0.05, 0.1) is 20.6 Å². The summed E-state index contributed by atoms with van der Waals surface area (Å²) < 4.78 is 23.4. The van der Waals surface area contributed by atoms with Crippen molar-refractivity contribution in [1.29, 1.82) is 0 Å². The number of hydrogen-bond donors (Lipinski definition) is 0. The molecule has 1 amide bonds. The van der Waals surface area contributed by atoms with Gasteiger partial charge in [-0.3, -0.25) is 0 Å². The summed E-state index contributed by atoms with van der Waals surface area (Å²) in [6.45, 7) is 6.05. The number of rotatable bonds is 4. The van der Waals surface area contributed by atoms with Crippen LogP contribution in [0.5, 0.6) is 0 Å². The molecule has 192 valence electrons. The van der Waals surface area contributed by atoms with Gasteiger partial charge < -0.3 is 14.5 Å². The van der Waals surface area contributed by atoms with Crippen molar-refractivity contribution in [3.05, 3.63) is 29.3 Å². The van der Waals surface area contributed by atoms with Gasteiger partial charge in [0, 0.05) is 53.0 Å². The number of ether oxygens (including phenoxy) is 1. The van der Waals surface area contributed by atoms with Crippen LogP contribution in [0.1, 0.15) is 51.9 Å². The van der Waals surface area contributed by atoms with Crippen LogP contribution in [0.25, 0.3) is 0 Å². The molecular formula is C26H36ClN3O3S2. The van der Waals surface area contributed by atoms with Crippen molar-refractivity contribution < 1.29 is 13.7 Å². The molecule has 0 radical (unpaired) electrons. The van der Waals surface area contributed by atoms with Crippen LogP contribution < -0.4 is 0 Å². The Hall–Kier alpha value is -0.930. The fourth-order valence-corrected chi connectivity index (χ4v) is 12.0. The Labute approximate surface area is 218 Å². The molecule has 1 saturated carbocycles. The minimum Gasteiger partial charge on any atom is -0.435 e. The average Bonchev–Trinajstić information content (AvgIpc) is 3.59. The highest BCUT2D eigenvalue weighted by atomic mass is 35.5. The number of nitrogens with zero attached hydrogens (tertiary/aromatic N) is 3. The maximum Gasteiger partial charge on any atom is 0.410 e. The largest absolute Gasteiger partial charge is 0.435 e. The van der Waals surface area contributed by atoms with Gasteiger partial charge in [-0.15, -0.1) is 0 Å². The second-order valence-corrected chi connectivity index (χ2v) is 14.6. The smallest absolute Gasteiger partial charge is 0.410 e. The fourth-order valence-electron chi connectivity index (χ4n) is 6.66. The highest BCUT2D eigenvalue weighted by molar-refractivity contribution is 8.02. The van der Waals surface area contributed by atoms with E-state index >= 15 is 0 Å². The molecule has 5 aliphatic rings. The first-order valence-corrected chi connectivity index (χ1v) is 16.3. The van der Waals surface area contributed by atoms with E-state index in [0.29, 0.717) is 17.5 Å². The zero-order valence-electron chi connectivity index (χ0n) is 20.5. The number of amides is 1. The number of benzene rings is 1. The summed E-state index contributed by atoms with van der Waals surface area (Å²) in [6, 6.07) is 8.19. The lowest BCUT2D eigenvalue weighted by atomic mass is 10.0. The Kier molecular flexibility index (Phi) is 6.57. The Bertz CT molecular complexity index is 1090. The molecule has 4 heterocycles. The number of thioether (sulfide) groups is 1. The SMILES string of the molecule is CC[C@@H]1CSC[C@H]2N1S(=O)(c1ccc(Cl)cc1)=C1CC12OC(=O)N1CCC(N2CCCCC2)CC1. The fraction of sp³-hybridized carbons (Fsp3) is 0.692. The van der Waals surface area contributed by atoms with Crippen LogP contribution in [-0.4, -0.2) is 90.7 Å². The van der Waals surface area contributed by atoms with Crippen LogP contribution in [0, 0.1) is 0 Å². The van der Waals surface area contributed by atoms with Gasteiger partial charge in [-0.1, -0.05) is 24.9 Å². The lowest BCUT2D eigenvalue weighted by Gasteiger charge is -2.43. The zero-order valence-corrected chi connectivity index (χ0v) is 22.9. The molecule has 0 bridgehead atoms. The maximum absolute atomic E-state index is 14.8. The highest BCUT2D eigenvalue weighted by Crippen LogP contribution is 2.55. The van der Waals surface area contributed by atoms with Crippen LogP contribution in [0.3, 0.4) is 0 Å². The van der Waals surface area contributed by atoms with Crippen LogP contribution >= 0.6 is 23.4 Å². The summed E-state index contributed by atoms with van der Waals surface area (Å²) in [4.78, 5) is 19.7. The molecule has 4 aliphatic heterocycles. The minimum absolute atomic E-state index is 0.0285. The van der Waals surface area contributed by atoms with Gasteiger partial charge in [0.1, 0.15) is 0 Å². The van der Waals surface area contributed by atoms with Crippen molar-refractivity contribution in [3.8, 4) is 0 Å². The summed E-state index contributed by atoms with van der Waals surface area (Å²) in [5, 5.41) is 0.638. The van der Waals surface area contributed by atoms with Crippen LogP contribution in [0.2, 0.25) is 5.02 Å². The first-order valence-electron chi connectivity index (χ1n) is 13.2. The molecule has 0 spiro atoms. The Morgan fingerprint density at radius 2 is 1.83 bits per heavy atom. The zero-order chi connectivity index (χ0) is 24.2. The maximum atomic E-state index is 14.8. The molecule has 6 nitrogen and oxygen atoms in total. The summed E-state index contributed by atoms with van der Waals surface area (Å²) >= 11 is 8.05. The van der Waals surface area contributed by atoms with E-state index in [0.717, 1.165) is 53.6 Å². The summed E-state index contributed by atoms with van der Waals surface area (Å²) in [6.07, 6.45) is 7.29. The summed E-state index contributed by atoms with van der Waals surface area (Å²) in [7, 11) is -2.60. The number of piperidine rings is 2. The normalized spacial score (nSPS) is 36.1. The van der Waals surface area contributed by atoms with E-state index in [1.165, 1.54) is 32.4 Å². The Morgan fingerprint density at radius 1 is 1.11 bits per heavy atom. The average molecular weight is 538 g/mol. The second kappa shape index (κ2) is 9.43. The third-order valence-corrected chi connectivity index (χ3v) is 13.3. The number of carbonyl (C=O) groups excluding carboxylic acids is 1. The number of carbonyl (C=O) groups is 1. The van der Waals surface area contributed by atoms with Gasteiger partial charge in [-0.05, 0) is 69.5 Å². The molecule has 4 fully saturated rings. The lowest BCUT2D eigenvalue weighted by molar-refractivity contribution is 0.0177. The topological polar surface area (TPSA) is 53.1 Å². The van der Waals surface area contributed by atoms with Crippen molar-refractivity contribution in [2.24, 2.45) is 0 Å². The van der Waals surface area contributed by atoms with Crippen molar-refractivity contribution in [3.63, 3.8) is 0 Å². The quantitative estimate of drug-likeness (QED) is 0.529. The molecular weight excluding hydrogens is 502 g/mol. The minimum atomic E-state index is -2.60. The molecule has 0 aromatic heterocycles. The van der Waals surface area contributed by atoms with E-state index in [4.69, 9.17) is 16.3 Å². The predicted octanol–water partition coefficient (Wildman–Crippen LogP) is 4.51. The van der Waals surface area contributed by atoms with Crippen LogP contribution in [0.4, 0.5) is 4.79 Å². The summed E-state index contributed by atoms with van der Waals surface area (Å²) in [5.41, 5.74) is -0.710. The molecule has 2 unspecified atom stereocenters. The van der Waals surface area contributed by atoms with Crippen molar-refractivity contribution in [2.75, 3.05) is 37.7 Å². The third kappa shape index (κ3) is 4.02. The Balaban J connectivity index is 1.23. The standard InChI is InChI=1S/C26H36ClN3O3S2/c1-2-20-17-34-18-23-26(16-24(26)35(32,30(20)23)22-8-6-19(27)7-9-22)33-25(31)29-14-10-21(11-15-29)28-12-4-3-5-13-28/h6-9,20-21,23H,2-5,10-18H2,1H3/t20-,23-,26?,35?/m1/s1. The number of likely N-dealkylation sites (tertiary alicyclic amines) is 2. The van der Waals surface area contributed by atoms with E-state index in [9.17, 15) is 9.00 Å². The first-order chi connectivity index (χ1) is 17.0. The van der Waals surface area contributed by atoms with Crippen LogP contribution in [-0.2, 0) is 14.4 Å². The molecule has 35 heavy (non-hydrogen) atoms. The molecule has 3 saturated heterocycles. The van der Waals surface area contributed by atoms with Gasteiger partial charge >= 0.3 is 6.09 Å². The van der Waals surface area contributed by atoms with Gasteiger partial charge in [0.25, 0.3) is 0 Å². The van der Waals surface area contributed by atoms with Gasteiger partial charge in [0.15, 0.2) is 5.60 Å². The van der Waals surface area contributed by atoms with E-state index < -0.39 is 15.3 Å². The van der Waals surface area contributed by atoms with Gasteiger partial charge in [0.2, 0.25) is 0 Å². The van der Waals surface area contributed by atoms with Gasteiger partial charge in [-0.25, -0.2) is 13.3 Å². The van der Waals surface area contributed by atoms with E-state index in [-0.39, 0.29) is 18.2 Å². The first kappa shape index (κ1) is 24.4. The van der Waals surface area contributed by atoms with Crippen LogP contribution in [0.15, 0.2) is 29.2 Å². The van der Waals surface area contributed by atoms with Crippen molar-refractivity contribution >= 4 is 44.0 Å². The van der Waals surface area contributed by atoms with Crippen molar-refractivity contribution in [1.82, 2.24) is 14.1 Å². The predicted molar refractivity (Wildman–Crippen MR) is 144 cm³/mol. The number of hydrogen-bond acceptors (Lipinski definition) is 5. The summed E-state index contributed by atoms with van der Waals surface area (Å²) in [5.74, 6) is 1.80. The molecule has 0 N–H and O–H groups in total. The van der Waals surface area contributed by atoms with E-state index in [2.05, 4.69) is 16.1 Å². The third-order valence-electron chi connectivity index (χ3n) is 8.70. The van der Waals surface area contributed by atoms with Gasteiger partial charge in [-0.2, -0.15) is 11.8 Å². The molecule has 9 heteroatoms. The molecule has 1 aliphatic carbocycles. The Morgan fingerprint density at radius 3 is 2.51 bits per heavy atom. The monoisotopic (exact) mass is 537 g/mol. The lowest BCUT2D eigenvalue weighted by Crippen LogP contribution is -2.56. The molecule has 6 rings (SSSR count). The van der Waals surface area contributed by atoms with E-state index in [1.807, 2.05) is 40.9 Å². The molecule has 1 aromatic carbocycles. The van der Waals surface area contributed by atoms with E-state index in [1.54, 1.807) is 0 Å². The number of fused-ring (bicyclic) bond motifs is 3. The molecule has 4 atom stereocenters. The highest BCUT2D eigenvalue weighted by Gasteiger charge is 2.72. The number of halogens is 1. The second-order valence-electron chi connectivity index (χ2n) is 10.6. The van der Waals surface area contributed by atoms with Crippen molar-refractivity contribution in [2.45, 2.75) is 80.5 Å². The molecule has 1 aromatic rings.